The van der Waals surface area contributed by atoms with E-state index in [9.17, 15) is 4.53 Å². The van der Waals surface area contributed by atoms with E-state index in [1.54, 1.807) is 18.6 Å². The van der Waals surface area contributed by atoms with Crippen LogP contribution in [0.4, 0.5) is 10.5 Å². The number of hydrogen-bond acceptors (Lipinski definition) is 6. The summed E-state index contributed by atoms with van der Waals surface area (Å²) in [5, 5.41) is 6.62. The number of rotatable bonds is 4. The van der Waals surface area contributed by atoms with Crippen molar-refractivity contribution < 1.29 is 9.47 Å². The summed E-state index contributed by atoms with van der Waals surface area (Å²) in [6, 6.07) is 5.22. The van der Waals surface area contributed by atoms with Gasteiger partial charge < -0.3 is 10.6 Å². The normalized spacial score (nSPS) is 17.5. The number of fused-ring (bicyclic) bond motifs is 1. The van der Waals surface area contributed by atoms with Gasteiger partial charge in [-0.1, -0.05) is 0 Å². The molecule has 4 rings (SSSR count). The van der Waals surface area contributed by atoms with Crippen LogP contribution in [-0.2, 0) is 0 Å². The summed E-state index contributed by atoms with van der Waals surface area (Å²) < 4.78 is 14.1. The quantitative estimate of drug-likeness (QED) is 0.765. The van der Waals surface area contributed by atoms with Crippen LogP contribution in [0.15, 0.2) is 36.8 Å². The summed E-state index contributed by atoms with van der Waals surface area (Å²) in [4.78, 5) is 16.8. The predicted octanol–water partition coefficient (Wildman–Crippen LogP) is 1.83. The van der Waals surface area contributed by atoms with Gasteiger partial charge in [-0.25, -0.2) is 15.0 Å². The Morgan fingerprint density at radius 3 is 3.13 bits per heavy atom. The molecule has 4 heterocycles. The Morgan fingerprint density at radius 1 is 1.35 bits per heavy atom. The van der Waals surface area contributed by atoms with Crippen molar-refractivity contribution in [2.24, 2.45) is 0 Å². The van der Waals surface area contributed by atoms with Gasteiger partial charge in [0.15, 0.2) is 5.75 Å². The molecule has 0 amide bonds. The molecule has 0 saturated carbocycles. The van der Waals surface area contributed by atoms with Crippen molar-refractivity contribution in [1.29, 1.82) is 0 Å². The number of anilines is 1. The Labute approximate surface area is 131 Å². The minimum absolute atomic E-state index is 0.119. The molecule has 1 saturated heterocycles. The van der Waals surface area contributed by atoms with Crippen LogP contribution in [0, 0.1) is 0 Å². The van der Waals surface area contributed by atoms with Crippen LogP contribution >= 0.6 is 0 Å². The third kappa shape index (κ3) is 2.68. The zero-order valence-electron chi connectivity index (χ0n) is 12.2. The van der Waals surface area contributed by atoms with Crippen molar-refractivity contribution in [2.75, 3.05) is 18.4 Å². The zero-order chi connectivity index (χ0) is 15.6. The van der Waals surface area contributed by atoms with Crippen molar-refractivity contribution in [3.8, 4) is 17.1 Å². The van der Waals surface area contributed by atoms with E-state index in [1.165, 1.54) is 12.1 Å². The van der Waals surface area contributed by atoms with Crippen LogP contribution < -0.4 is 15.6 Å². The first-order valence-corrected chi connectivity index (χ1v) is 7.40. The molecule has 118 valence electrons. The minimum atomic E-state index is 0.119. The van der Waals surface area contributed by atoms with Crippen LogP contribution in [0.3, 0.4) is 0 Å². The third-order valence-corrected chi connectivity index (χ3v) is 3.89. The highest BCUT2D eigenvalue weighted by molar-refractivity contribution is 5.61. The number of nitrogens with one attached hydrogen (secondary N) is 2. The second kappa shape index (κ2) is 5.81. The molecule has 3 aromatic rings. The number of halogens is 1. The fourth-order valence-corrected chi connectivity index (χ4v) is 2.73. The number of pyridine rings is 1. The molecule has 7 nitrogen and oxygen atoms in total. The summed E-state index contributed by atoms with van der Waals surface area (Å²) in [7, 11) is 0. The van der Waals surface area contributed by atoms with Crippen molar-refractivity contribution >= 4 is 11.6 Å². The SMILES string of the molecule is FOc1ccn2c(-c3ccnc(NC4CCNC4)n3)cnc2c1. The van der Waals surface area contributed by atoms with Crippen LogP contribution in [0.1, 0.15) is 6.42 Å². The Balaban J connectivity index is 1.67. The molecule has 1 aliphatic heterocycles. The summed E-state index contributed by atoms with van der Waals surface area (Å²) in [5.74, 6) is 0.711. The predicted molar refractivity (Wildman–Crippen MR) is 82.9 cm³/mol. The van der Waals surface area contributed by atoms with Gasteiger partial charge in [0.25, 0.3) is 0 Å². The van der Waals surface area contributed by atoms with E-state index in [2.05, 4.69) is 30.5 Å². The molecule has 1 aliphatic rings. The van der Waals surface area contributed by atoms with Gasteiger partial charge in [-0.15, -0.1) is 0 Å². The first-order chi connectivity index (χ1) is 11.3. The number of hydrogen-bond donors (Lipinski definition) is 2. The average molecular weight is 314 g/mol. The van der Waals surface area contributed by atoms with Crippen LogP contribution in [0.5, 0.6) is 5.75 Å². The maximum atomic E-state index is 12.3. The molecule has 1 unspecified atom stereocenters. The van der Waals surface area contributed by atoms with Crippen molar-refractivity contribution in [1.82, 2.24) is 24.7 Å². The maximum absolute atomic E-state index is 12.3. The van der Waals surface area contributed by atoms with Crippen LogP contribution in [0.2, 0.25) is 0 Å². The molecule has 0 aromatic carbocycles. The Morgan fingerprint density at radius 2 is 2.30 bits per heavy atom. The zero-order valence-corrected chi connectivity index (χ0v) is 12.2. The maximum Gasteiger partial charge on any atom is 0.223 e. The number of nitrogens with zero attached hydrogens (tertiary/aromatic N) is 4. The molecule has 1 fully saturated rings. The smallest absolute Gasteiger partial charge is 0.223 e. The third-order valence-electron chi connectivity index (χ3n) is 3.89. The summed E-state index contributed by atoms with van der Waals surface area (Å²) >= 11 is 0. The lowest BCUT2D eigenvalue weighted by molar-refractivity contribution is -0.00617. The van der Waals surface area contributed by atoms with Gasteiger partial charge in [0, 0.05) is 41.6 Å². The van der Waals surface area contributed by atoms with E-state index in [0.29, 0.717) is 17.6 Å². The number of aromatic nitrogens is 4. The van der Waals surface area contributed by atoms with Gasteiger partial charge in [-0.05, 0) is 19.0 Å². The van der Waals surface area contributed by atoms with E-state index in [1.807, 2.05) is 10.5 Å². The molecule has 8 heteroatoms. The first kappa shape index (κ1) is 13.9. The minimum Gasteiger partial charge on any atom is -0.350 e. The highest BCUT2D eigenvalue weighted by Crippen LogP contribution is 2.22. The van der Waals surface area contributed by atoms with Crippen molar-refractivity contribution in [2.45, 2.75) is 12.5 Å². The summed E-state index contributed by atoms with van der Waals surface area (Å²) in [6.45, 7) is 1.92. The summed E-state index contributed by atoms with van der Waals surface area (Å²) in [5.41, 5.74) is 2.14. The van der Waals surface area contributed by atoms with Gasteiger partial charge in [-0.2, -0.15) is 0 Å². The van der Waals surface area contributed by atoms with Crippen molar-refractivity contribution in [3.63, 3.8) is 0 Å². The topological polar surface area (TPSA) is 76.4 Å². The second-order valence-electron chi connectivity index (χ2n) is 5.41. The summed E-state index contributed by atoms with van der Waals surface area (Å²) in [6.07, 6.45) is 6.16. The fourth-order valence-electron chi connectivity index (χ4n) is 2.73. The molecule has 1 atom stereocenters. The van der Waals surface area contributed by atoms with E-state index >= 15 is 0 Å². The lowest BCUT2D eigenvalue weighted by Gasteiger charge is -2.11. The molecule has 3 aromatic heterocycles. The molecule has 23 heavy (non-hydrogen) atoms. The van der Waals surface area contributed by atoms with E-state index in [0.717, 1.165) is 30.9 Å². The van der Waals surface area contributed by atoms with E-state index < -0.39 is 0 Å². The van der Waals surface area contributed by atoms with Gasteiger partial charge >= 0.3 is 0 Å². The largest absolute Gasteiger partial charge is 0.350 e. The van der Waals surface area contributed by atoms with Crippen molar-refractivity contribution in [3.05, 3.63) is 36.8 Å². The fraction of sp³-hybridized carbons (Fsp3) is 0.267. The van der Waals surface area contributed by atoms with E-state index in [-0.39, 0.29) is 5.75 Å². The lowest BCUT2D eigenvalue weighted by Crippen LogP contribution is -2.23. The highest BCUT2D eigenvalue weighted by Gasteiger charge is 2.16. The van der Waals surface area contributed by atoms with Gasteiger partial charge in [0.05, 0.1) is 17.6 Å². The lowest BCUT2D eigenvalue weighted by atomic mass is 10.3. The monoisotopic (exact) mass is 314 g/mol. The molecule has 0 radical (unpaired) electrons. The number of imidazole rings is 1. The first-order valence-electron chi connectivity index (χ1n) is 7.40. The molecule has 2 N–H and O–H groups in total. The Hall–Kier alpha value is -2.74. The van der Waals surface area contributed by atoms with Gasteiger partial charge in [0.1, 0.15) is 5.65 Å². The van der Waals surface area contributed by atoms with E-state index in [4.69, 9.17) is 0 Å². The van der Waals surface area contributed by atoms with Crippen LogP contribution in [0.25, 0.3) is 17.0 Å². The van der Waals surface area contributed by atoms with Gasteiger partial charge in [0.2, 0.25) is 5.95 Å². The van der Waals surface area contributed by atoms with Crippen LogP contribution in [-0.4, -0.2) is 38.5 Å². The Kier molecular flexibility index (Phi) is 3.51. The Bertz CT molecular complexity index is 830. The molecule has 0 aliphatic carbocycles. The second-order valence-corrected chi connectivity index (χ2v) is 5.41. The molecule has 0 spiro atoms. The highest BCUT2D eigenvalue weighted by atomic mass is 19.3. The molecular formula is C15H15FN6O. The average Bonchev–Trinajstić information content (AvgIpc) is 3.23. The molecule has 0 bridgehead atoms. The van der Waals surface area contributed by atoms with Gasteiger partial charge in [-0.3, -0.25) is 9.34 Å². The molecular weight excluding hydrogens is 299 g/mol. The standard InChI is InChI=1S/C15H15FN6O/c16-23-11-3-6-22-13(9-19-14(22)7-11)12-2-5-18-15(21-12)20-10-1-4-17-8-10/h2-3,5-7,9-10,17H,1,4,8H2,(H,18,20,21).